The summed E-state index contributed by atoms with van der Waals surface area (Å²) in [7, 11) is 0. The molecule has 2 amide bonds. The van der Waals surface area contributed by atoms with Gasteiger partial charge in [-0.15, -0.1) is 0 Å². The van der Waals surface area contributed by atoms with E-state index in [2.05, 4.69) is 19.9 Å². The van der Waals surface area contributed by atoms with E-state index in [9.17, 15) is 9.59 Å². The highest BCUT2D eigenvalue weighted by Gasteiger charge is 2.51. The number of carbonyl (C=O) groups excluding carboxylic acids is 2. The Hall–Kier alpha value is -2.64. The fourth-order valence-electron chi connectivity index (χ4n) is 4.84. The average Bonchev–Trinajstić information content (AvgIpc) is 3.20. The molecule has 28 heavy (non-hydrogen) atoms. The molecule has 3 aliphatic rings. The van der Waals surface area contributed by atoms with Gasteiger partial charge in [-0.1, -0.05) is 0 Å². The summed E-state index contributed by atoms with van der Waals surface area (Å²) in [5.41, 5.74) is 1.79. The number of hydrogen-bond acceptors (Lipinski definition) is 4. The quantitative estimate of drug-likeness (QED) is 0.871. The van der Waals surface area contributed by atoms with Crippen LogP contribution in [0.4, 0.5) is 0 Å². The minimum absolute atomic E-state index is 0.103. The number of carbonyl (C=O) groups is 2. The highest BCUT2D eigenvalue weighted by molar-refractivity contribution is 5.83. The van der Waals surface area contributed by atoms with Gasteiger partial charge in [-0.2, -0.15) is 0 Å². The van der Waals surface area contributed by atoms with Gasteiger partial charge < -0.3 is 19.4 Å². The minimum atomic E-state index is -0.373. The van der Waals surface area contributed by atoms with E-state index in [0.29, 0.717) is 13.1 Å². The van der Waals surface area contributed by atoms with E-state index >= 15 is 0 Å². The largest absolute Gasteiger partial charge is 0.348 e. The van der Waals surface area contributed by atoms with Gasteiger partial charge in [-0.3, -0.25) is 9.59 Å². The molecule has 2 aromatic rings. The van der Waals surface area contributed by atoms with Gasteiger partial charge in [0.25, 0.3) is 0 Å². The lowest BCUT2D eigenvalue weighted by Gasteiger charge is -2.50. The monoisotopic (exact) mass is 382 g/mol. The molecule has 0 unspecified atom stereocenters. The highest BCUT2D eigenvalue weighted by atomic mass is 16.2. The second-order valence-corrected chi connectivity index (χ2v) is 8.29. The molecule has 1 aliphatic carbocycles. The lowest BCUT2D eigenvalue weighted by atomic mass is 9.78. The predicted molar refractivity (Wildman–Crippen MR) is 101 cm³/mol. The number of H-pyrrole nitrogens is 1. The zero-order chi connectivity index (χ0) is 19.3. The summed E-state index contributed by atoms with van der Waals surface area (Å²) in [6.07, 6.45) is 11.3. The van der Waals surface area contributed by atoms with E-state index < -0.39 is 0 Å². The molecule has 1 atom stereocenters. The summed E-state index contributed by atoms with van der Waals surface area (Å²) in [4.78, 5) is 42.0. The molecule has 2 aromatic heterocycles. The Morgan fingerprint density at radius 3 is 2.71 bits per heavy atom. The van der Waals surface area contributed by atoms with Crippen LogP contribution in [-0.2, 0) is 21.5 Å². The van der Waals surface area contributed by atoms with Crippen LogP contribution in [0.5, 0.6) is 0 Å². The minimum Gasteiger partial charge on any atom is -0.348 e. The summed E-state index contributed by atoms with van der Waals surface area (Å²) in [5, 5.41) is 0. The summed E-state index contributed by atoms with van der Waals surface area (Å²) in [5.74, 6) is 0.574. The van der Waals surface area contributed by atoms with Gasteiger partial charge in [0.05, 0.1) is 23.9 Å². The van der Waals surface area contributed by atoms with Crippen LogP contribution in [0.3, 0.4) is 0 Å². The number of imidazole rings is 2. The Morgan fingerprint density at radius 1 is 1.25 bits per heavy atom. The summed E-state index contributed by atoms with van der Waals surface area (Å²) >= 11 is 0. The van der Waals surface area contributed by atoms with Crippen molar-refractivity contribution in [2.75, 3.05) is 19.6 Å². The third-order valence-corrected chi connectivity index (χ3v) is 6.69. The van der Waals surface area contributed by atoms with Crippen molar-refractivity contribution < 1.29 is 9.59 Å². The molecule has 1 saturated heterocycles. The molecule has 1 N–H and O–H groups in total. The number of rotatable bonds is 3. The molecule has 8 heteroatoms. The van der Waals surface area contributed by atoms with E-state index in [1.807, 2.05) is 22.6 Å². The zero-order valence-corrected chi connectivity index (χ0v) is 16.2. The maximum Gasteiger partial charge on any atom is 0.245 e. The van der Waals surface area contributed by atoms with Crippen LogP contribution >= 0.6 is 0 Å². The Balaban J connectivity index is 1.38. The van der Waals surface area contributed by atoms with Crippen molar-refractivity contribution in [2.24, 2.45) is 5.92 Å². The normalized spacial score (nSPS) is 22.2. The van der Waals surface area contributed by atoms with Crippen LogP contribution in [0, 0.1) is 5.92 Å². The second-order valence-electron chi connectivity index (χ2n) is 8.29. The molecule has 4 heterocycles. The van der Waals surface area contributed by atoms with Crippen molar-refractivity contribution >= 4 is 11.8 Å². The zero-order valence-electron chi connectivity index (χ0n) is 16.2. The first-order valence-electron chi connectivity index (χ1n) is 10.2. The molecule has 2 aliphatic heterocycles. The van der Waals surface area contributed by atoms with Crippen molar-refractivity contribution in [3.8, 4) is 0 Å². The Morgan fingerprint density at radius 2 is 2.04 bits per heavy atom. The number of amides is 2. The van der Waals surface area contributed by atoms with Gasteiger partial charge in [0.2, 0.25) is 11.8 Å². The molecule has 5 rings (SSSR count). The third-order valence-electron chi connectivity index (χ3n) is 6.69. The average molecular weight is 382 g/mol. The van der Waals surface area contributed by atoms with Gasteiger partial charge in [-0.05, 0) is 32.6 Å². The van der Waals surface area contributed by atoms with Crippen molar-refractivity contribution in [1.29, 1.82) is 0 Å². The number of aromatic amines is 1. The molecule has 148 valence electrons. The molecule has 2 fully saturated rings. The number of fused-ring (bicyclic) bond motifs is 2. The van der Waals surface area contributed by atoms with Crippen LogP contribution in [0.25, 0.3) is 0 Å². The molecule has 0 bridgehead atoms. The van der Waals surface area contributed by atoms with E-state index in [0.717, 1.165) is 50.0 Å². The van der Waals surface area contributed by atoms with Crippen LogP contribution < -0.4 is 0 Å². The number of nitrogens with one attached hydrogen (secondary N) is 1. The number of likely N-dealkylation sites (tertiary alicyclic amines) is 1. The van der Waals surface area contributed by atoms with E-state index in [1.165, 1.54) is 0 Å². The lowest BCUT2D eigenvalue weighted by molar-refractivity contribution is -0.146. The summed E-state index contributed by atoms with van der Waals surface area (Å²) < 4.78 is 1.84. The van der Waals surface area contributed by atoms with Crippen LogP contribution in [-0.4, -0.2) is 60.8 Å². The SMILES string of the molecule is C[C@H](C(=O)N1CCC2(CC1)c1nc[nH]c1CCN2C(=O)C1CC1)n1ccnc1. The first-order chi connectivity index (χ1) is 13.6. The molecular weight excluding hydrogens is 356 g/mol. The topological polar surface area (TPSA) is 87.1 Å². The van der Waals surface area contributed by atoms with Crippen molar-refractivity contribution in [3.63, 3.8) is 0 Å². The lowest BCUT2D eigenvalue weighted by Crippen LogP contribution is -2.59. The van der Waals surface area contributed by atoms with E-state index in [4.69, 9.17) is 0 Å². The maximum absolute atomic E-state index is 13.0. The first kappa shape index (κ1) is 17.5. The van der Waals surface area contributed by atoms with Gasteiger partial charge in [-0.25, -0.2) is 9.97 Å². The number of aromatic nitrogens is 4. The predicted octanol–water partition coefficient (Wildman–Crippen LogP) is 1.48. The molecule has 1 spiro atoms. The Kier molecular flexibility index (Phi) is 4.03. The molecule has 8 nitrogen and oxygen atoms in total. The molecular formula is C20H26N6O2. The van der Waals surface area contributed by atoms with Gasteiger partial charge in [0.1, 0.15) is 6.04 Å². The fourth-order valence-corrected chi connectivity index (χ4v) is 4.84. The Bertz CT molecular complexity index is 876. The van der Waals surface area contributed by atoms with Crippen LogP contribution in [0.15, 0.2) is 25.0 Å². The van der Waals surface area contributed by atoms with E-state index in [-0.39, 0.29) is 29.3 Å². The van der Waals surface area contributed by atoms with Crippen molar-refractivity contribution in [3.05, 3.63) is 36.4 Å². The van der Waals surface area contributed by atoms with Crippen molar-refractivity contribution in [2.45, 2.75) is 50.6 Å². The van der Waals surface area contributed by atoms with E-state index in [1.54, 1.807) is 18.9 Å². The third kappa shape index (κ3) is 2.65. The summed E-state index contributed by atoms with van der Waals surface area (Å²) in [6, 6.07) is -0.270. The van der Waals surface area contributed by atoms with Gasteiger partial charge in [0.15, 0.2) is 0 Å². The second kappa shape index (κ2) is 6.46. The van der Waals surface area contributed by atoms with Crippen LogP contribution in [0.1, 0.15) is 50.0 Å². The smallest absolute Gasteiger partial charge is 0.245 e. The van der Waals surface area contributed by atoms with Gasteiger partial charge >= 0.3 is 0 Å². The first-order valence-corrected chi connectivity index (χ1v) is 10.2. The highest BCUT2D eigenvalue weighted by Crippen LogP contribution is 2.45. The number of piperidine rings is 1. The molecule has 0 radical (unpaired) electrons. The standard InChI is InChI=1S/C20H26N6O2/c1-14(25-11-7-21-13-25)18(27)24-9-5-20(6-10-24)17-16(22-12-23-17)4-8-26(20)19(28)15-2-3-15/h7,11-15H,2-6,8-10H2,1H3,(H,22,23)/t14-/m1/s1. The van der Waals surface area contributed by atoms with Gasteiger partial charge in [0, 0.05) is 50.1 Å². The number of hydrogen-bond donors (Lipinski definition) is 1. The van der Waals surface area contributed by atoms with Crippen molar-refractivity contribution in [1.82, 2.24) is 29.3 Å². The maximum atomic E-state index is 13.0. The fraction of sp³-hybridized carbons (Fsp3) is 0.600. The Labute approximate surface area is 163 Å². The number of nitrogens with zero attached hydrogens (tertiary/aromatic N) is 5. The summed E-state index contributed by atoms with van der Waals surface area (Å²) in [6.45, 7) is 3.92. The molecule has 0 aromatic carbocycles. The van der Waals surface area contributed by atoms with Crippen LogP contribution in [0.2, 0.25) is 0 Å². The molecule has 1 saturated carbocycles.